The number of amides is 1. The molecule has 2 aromatic carbocycles. The summed E-state index contributed by atoms with van der Waals surface area (Å²) in [5.74, 6) is 0.699. The number of anilines is 1. The quantitative estimate of drug-likeness (QED) is 0.446. The number of nitrogens with one attached hydrogen (secondary N) is 1. The molecule has 0 saturated heterocycles. The molecule has 4 aromatic rings. The molecule has 1 aliphatic heterocycles. The van der Waals surface area contributed by atoms with Gasteiger partial charge in [0.25, 0.3) is 0 Å². The molecule has 0 unspecified atom stereocenters. The molecular formula is C25H19N5O2S. The Bertz CT molecular complexity index is 1370. The second-order valence-electron chi connectivity index (χ2n) is 8.27. The Balaban J connectivity index is 1.57. The molecule has 1 atom stereocenters. The van der Waals surface area contributed by atoms with Gasteiger partial charge in [0.1, 0.15) is 11.3 Å². The average molecular weight is 454 g/mol. The Kier molecular flexibility index (Phi) is 5.11. The smallest absolute Gasteiger partial charge is 0.232 e. The molecule has 1 aliphatic rings. The maximum atomic E-state index is 13.3. The van der Waals surface area contributed by atoms with Crippen LogP contribution in [0, 0.1) is 16.7 Å². The highest BCUT2D eigenvalue weighted by Crippen LogP contribution is 2.51. The third kappa shape index (κ3) is 3.73. The molecule has 7 nitrogen and oxygen atoms in total. The van der Waals surface area contributed by atoms with Crippen molar-refractivity contribution in [3.8, 4) is 29.0 Å². The summed E-state index contributed by atoms with van der Waals surface area (Å²) in [4.78, 5) is 18.1. The minimum Gasteiger partial charge on any atom is -0.438 e. The molecule has 1 N–H and O–H groups in total. The van der Waals surface area contributed by atoms with E-state index in [4.69, 9.17) is 15.0 Å². The first-order chi connectivity index (χ1) is 16.0. The summed E-state index contributed by atoms with van der Waals surface area (Å²) in [5, 5.41) is 20.1. The molecule has 0 bridgehead atoms. The highest BCUT2D eigenvalue weighted by Gasteiger charge is 2.44. The molecule has 8 heteroatoms. The normalized spacial score (nSPS) is 14.4. The zero-order chi connectivity index (χ0) is 23.0. The van der Waals surface area contributed by atoms with Crippen molar-refractivity contribution in [3.63, 3.8) is 0 Å². The SMILES string of the molecule is CC(C)(C(=O)Nc1nncs1)[C@H]1c2ccccc2Oc2nc(-c3ccc(C#N)cc3)ccc21. The summed E-state index contributed by atoms with van der Waals surface area (Å²) in [7, 11) is 0. The molecule has 5 rings (SSSR count). The fourth-order valence-corrected chi connectivity index (χ4v) is 4.55. The summed E-state index contributed by atoms with van der Waals surface area (Å²) in [5.41, 5.74) is 4.70. The molecule has 2 aromatic heterocycles. The van der Waals surface area contributed by atoms with Gasteiger partial charge in [0.15, 0.2) is 0 Å². The highest BCUT2D eigenvalue weighted by molar-refractivity contribution is 7.13. The van der Waals surface area contributed by atoms with Gasteiger partial charge >= 0.3 is 0 Å². The van der Waals surface area contributed by atoms with Crippen LogP contribution in [0.5, 0.6) is 11.6 Å². The number of nitrogens with zero attached hydrogens (tertiary/aromatic N) is 4. The van der Waals surface area contributed by atoms with Gasteiger partial charge in [-0.3, -0.25) is 4.79 Å². The van der Waals surface area contributed by atoms with E-state index >= 15 is 0 Å². The molecule has 0 radical (unpaired) electrons. The second kappa shape index (κ2) is 8.11. The largest absolute Gasteiger partial charge is 0.438 e. The molecule has 0 saturated carbocycles. The number of carbonyl (C=O) groups is 1. The van der Waals surface area contributed by atoms with Crippen molar-refractivity contribution < 1.29 is 9.53 Å². The highest BCUT2D eigenvalue weighted by atomic mass is 32.1. The number of hydrogen-bond acceptors (Lipinski definition) is 7. The fraction of sp³-hybridized carbons (Fsp3) is 0.160. The molecule has 162 valence electrons. The topological polar surface area (TPSA) is 101 Å². The van der Waals surface area contributed by atoms with E-state index in [0.29, 0.717) is 22.3 Å². The molecule has 3 heterocycles. The van der Waals surface area contributed by atoms with Crippen molar-refractivity contribution in [2.24, 2.45) is 5.41 Å². The average Bonchev–Trinajstić information content (AvgIpc) is 3.35. The Labute approximate surface area is 194 Å². The number of aromatic nitrogens is 3. The summed E-state index contributed by atoms with van der Waals surface area (Å²) >= 11 is 1.28. The molecule has 0 aliphatic carbocycles. The summed E-state index contributed by atoms with van der Waals surface area (Å²) < 4.78 is 6.18. The molecule has 33 heavy (non-hydrogen) atoms. The molecule has 0 fully saturated rings. The van der Waals surface area contributed by atoms with Crippen LogP contribution in [0.2, 0.25) is 0 Å². The predicted molar refractivity (Wildman–Crippen MR) is 125 cm³/mol. The number of para-hydroxylation sites is 1. The van der Waals surface area contributed by atoms with E-state index in [-0.39, 0.29) is 11.8 Å². The third-order valence-corrected chi connectivity index (χ3v) is 6.44. The van der Waals surface area contributed by atoms with Gasteiger partial charge in [0.05, 0.1) is 22.7 Å². The van der Waals surface area contributed by atoms with Gasteiger partial charge in [-0.05, 0) is 24.3 Å². The van der Waals surface area contributed by atoms with E-state index in [1.54, 1.807) is 17.6 Å². The zero-order valence-electron chi connectivity index (χ0n) is 17.9. The summed E-state index contributed by atoms with van der Waals surface area (Å²) in [6, 6.07) is 21.0. The lowest BCUT2D eigenvalue weighted by Crippen LogP contribution is -2.38. The number of nitriles is 1. The number of hydrogen-bond donors (Lipinski definition) is 1. The van der Waals surface area contributed by atoms with Crippen molar-refractivity contribution >= 4 is 22.4 Å². The number of pyridine rings is 1. The second-order valence-corrected chi connectivity index (χ2v) is 9.11. The van der Waals surface area contributed by atoms with Gasteiger partial charge in [0, 0.05) is 22.6 Å². The van der Waals surface area contributed by atoms with E-state index in [1.807, 2.05) is 62.4 Å². The summed E-state index contributed by atoms with van der Waals surface area (Å²) in [6.07, 6.45) is 0. The van der Waals surface area contributed by atoms with E-state index < -0.39 is 5.41 Å². The lowest BCUT2D eigenvalue weighted by Gasteiger charge is -2.37. The number of fused-ring (bicyclic) bond motifs is 2. The minimum atomic E-state index is -0.835. The Morgan fingerprint density at radius 1 is 1.09 bits per heavy atom. The molecular weight excluding hydrogens is 434 g/mol. The lowest BCUT2D eigenvalue weighted by molar-refractivity contribution is -0.124. The number of benzene rings is 2. The van der Waals surface area contributed by atoms with Crippen LogP contribution in [0.1, 0.15) is 36.5 Å². The Morgan fingerprint density at radius 2 is 1.88 bits per heavy atom. The van der Waals surface area contributed by atoms with Crippen LogP contribution >= 0.6 is 11.3 Å². The zero-order valence-corrected chi connectivity index (χ0v) is 18.8. The maximum absolute atomic E-state index is 13.3. The maximum Gasteiger partial charge on any atom is 0.232 e. The molecule has 0 spiro atoms. The van der Waals surface area contributed by atoms with E-state index in [9.17, 15) is 4.79 Å². The fourth-order valence-electron chi connectivity index (χ4n) is 4.11. The van der Waals surface area contributed by atoms with Gasteiger partial charge in [-0.15, -0.1) is 10.2 Å². The number of carbonyl (C=O) groups excluding carboxylic acids is 1. The van der Waals surface area contributed by atoms with E-state index in [1.165, 1.54) is 11.3 Å². The summed E-state index contributed by atoms with van der Waals surface area (Å²) in [6.45, 7) is 3.82. The van der Waals surface area contributed by atoms with Crippen LogP contribution in [0.15, 0.2) is 66.2 Å². The van der Waals surface area contributed by atoms with Crippen molar-refractivity contribution in [3.05, 3.63) is 82.9 Å². The van der Waals surface area contributed by atoms with Crippen LogP contribution in [-0.4, -0.2) is 21.1 Å². The minimum absolute atomic E-state index is 0.164. The van der Waals surface area contributed by atoms with Gasteiger partial charge in [-0.1, -0.05) is 61.6 Å². The Hall–Kier alpha value is -4.09. The first-order valence-corrected chi connectivity index (χ1v) is 11.2. The van der Waals surface area contributed by atoms with Crippen molar-refractivity contribution in [2.45, 2.75) is 19.8 Å². The van der Waals surface area contributed by atoms with Crippen LogP contribution in [0.4, 0.5) is 5.13 Å². The van der Waals surface area contributed by atoms with Crippen LogP contribution < -0.4 is 10.1 Å². The molecule has 1 amide bonds. The first-order valence-electron chi connectivity index (χ1n) is 10.3. The van der Waals surface area contributed by atoms with Crippen LogP contribution in [0.3, 0.4) is 0 Å². The van der Waals surface area contributed by atoms with Gasteiger partial charge in [0.2, 0.25) is 16.9 Å². The van der Waals surface area contributed by atoms with Crippen LogP contribution in [-0.2, 0) is 4.79 Å². The van der Waals surface area contributed by atoms with Crippen LogP contribution in [0.25, 0.3) is 11.3 Å². The van der Waals surface area contributed by atoms with Gasteiger partial charge < -0.3 is 10.1 Å². The lowest BCUT2D eigenvalue weighted by atomic mass is 9.69. The van der Waals surface area contributed by atoms with Crippen molar-refractivity contribution in [1.82, 2.24) is 15.2 Å². The van der Waals surface area contributed by atoms with Crippen molar-refractivity contribution in [2.75, 3.05) is 5.32 Å². The van der Waals surface area contributed by atoms with Crippen molar-refractivity contribution in [1.29, 1.82) is 5.26 Å². The predicted octanol–water partition coefficient (Wildman–Crippen LogP) is 5.37. The third-order valence-electron chi connectivity index (χ3n) is 5.83. The first kappa shape index (κ1) is 20.8. The number of rotatable bonds is 4. The standard InChI is InChI=1S/C25H19N5O2S/c1-25(2,23(31)29-24-30-27-14-33-24)21-17-5-3-4-6-20(17)32-22-18(21)11-12-19(28-22)16-9-7-15(13-26)8-10-16/h3-12,14,21H,1-2H3,(H,29,30,31)/t21-/m0/s1. The van der Waals surface area contributed by atoms with E-state index in [0.717, 1.165) is 22.4 Å². The monoisotopic (exact) mass is 453 g/mol. The Morgan fingerprint density at radius 3 is 2.61 bits per heavy atom. The van der Waals surface area contributed by atoms with E-state index in [2.05, 4.69) is 21.6 Å². The number of ether oxygens (including phenoxy) is 1. The van der Waals surface area contributed by atoms with Gasteiger partial charge in [-0.2, -0.15) is 5.26 Å². The van der Waals surface area contributed by atoms with Gasteiger partial charge in [-0.25, -0.2) is 4.98 Å².